The summed E-state index contributed by atoms with van der Waals surface area (Å²) in [5, 5.41) is 0. The largest absolute Gasteiger partial charge is 0.497 e. The predicted molar refractivity (Wildman–Crippen MR) is 116 cm³/mol. The maximum Gasteiger partial charge on any atom is 0.341 e. The van der Waals surface area contributed by atoms with Crippen molar-refractivity contribution in [2.24, 2.45) is 0 Å². The van der Waals surface area contributed by atoms with Gasteiger partial charge in [-0.15, -0.1) is 11.3 Å². The molecule has 1 amide bonds. The van der Waals surface area contributed by atoms with Crippen molar-refractivity contribution in [2.45, 2.75) is 6.42 Å². The molecular weight excluding hydrogens is 402 g/mol. The summed E-state index contributed by atoms with van der Waals surface area (Å²) < 4.78 is 15.3. The third kappa shape index (κ3) is 3.52. The normalized spacial score (nSPS) is 13.0. The fraction of sp³-hybridized carbons (Fsp3) is 0.217. The molecule has 4 rings (SSSR count). The van der Waals surface area contributed by atoms with Crippen LogP contribution in [0.1, 0.15) is 25.6 Å². The molecule has 7 heteroatoms. The molecule has 0 aliphatic carbocycles. The molecule has 1 aliphatic rings. The van der Waals surface area contributed by atoms with Gasteiger partial charge in [-0.3, -0.25) is 4.79 Å². The van der Waals surface area contributed by atoms with E-state index >= 15 is 0 Å². The van der Waals surface area contributed by atoms with Gasteiger partial charge in [0.15, 0.2) is 0 Å². The SMILES string of the molecule is COC(=O)c1ccc(N2CCc3cc(-c4ccc(OC)cc4)sc3C2=O)cc1OC. The molecule has 0 saturated carbocycles. The number of rotatable bonds is 5. The second-order valence-corrected chi connectivity index (χ2v) is 7.83. The van der Waals surface area contributed by atoms with Gasteiger partial charge in [-0.1, -0.05) is 0 Å². The van der Waals surface area contributed by atoms with Crippen LogP contribution < -0.4 is 14.4 Å². The average Bonchev–Trinajstić information content (AvgIpc) is 3.24. The lowest BCUT2D eigenvalue weighted by Gasteiger charge is -2.27. The summed E-state index contributed by atoms with van der Waals surface area (Å²) in [5.41, 5.74) is 3.13. The molecular formula is C23H21NO5S. The predicted octanol–water partition coefficient (Wildman–Crippen LogP) is 4.42. The lowest BCUT2D eigenvalue weighted by atomic mass is 10.0. The third-order valence-electron chi connectivity index (χ3n) is 5.13. The molecule has 0 N–H and O–H groups in total. The van der Waals surface area contributed by atoms with Crippen LogP contribution >= 0.6 is 11.3 Å². The average molecular weight is 423 g/mol. The zero-order valence-corrected chi connectivity index (χ0v) is 17.7. The van der Waals surface area contributed by atoms with Crippen LogP contribution in [0.2, 0.25) is 0 Å². The number of ether oxygens (including phenoxy) is 3. The van der Waals surface area contributed by atoms with Crippen LogP contribution in [0, 0.1) is 0 Å². The molecule has 0 saturated heterocycles. The van der Waals surface area contributed by atoms with E-state index in [2.05, 4.69) is 6.07 Å². The minimum Gasteiger partial charge on any atom is -0.497 e. The number of methoxy groups -OCH3 is 3. The third-order valence-corrected chi connectivity index (χ3v) is 6.34. The van der Waals surface area contributed by atoms with E-state index in [0.29, 0.717) is 23.5 Å². The van der Waals surface area contributed by atoms with Crippen LogP contribution in [0.5, 0.6) is 11.5 Å². The summed E-state index contributed by atoms with van der Waals surface area (Å²) in [4.78, 5) is 28.6. The Labute approximate surface area is 178 Å². The number of benzene rings is 2. The van der Waals surface area contributed by atoms with Crippen molar-refractivity contribution in [1.82, 2.24) is 0 Å². The van der Waals surface area contributed by atoms with E-state index in [9.17, 15) is 9.59 Å². The van der Waals surface area contributed by atoms with E-state index in [0.717, 1.165) is 33.1 Å². The summed E-state index contributed by atoms with van der Waals surface area (Å²) in [7, 11) is 4.45. The maximum absolute atomic E-state index is 13.2. The molecule has 154 valence electrons. The van der Waals surface area contributed by atoms with Gasteiger partial charge in [-0.05, 0) is 60.0 Å². The van der Waals surface area contributed by atoms with Crippen molar-refractivity contribution >= 4 is 28.9 Å². The zero-order chi connectivity index (χ0) is 21.3. The summed E-state index contributed by atoms with van der Waals surface area (Å²) in [5.74, 6) is 0.650. The van der Waals surface area contributed by atoms with Crippen molar-refractivity contribution in [1.29, 1.82) is 0 Å². The van der Waals surface area contributed by atoms with Gasteiger partial charge in [0.2, 0.25) is 0 Å². The van der Waals surface area contributed by atoms with E-state index in [1.807, 2.05) is 24.3 Å². The first-order valence-electron chi connectivity index (χ1n) is 9.41. The lowest BCUT2D eigenvalue weighted by Crippen LogP contribution is -2.36. The van der Waals surface area contributed by atoms with Crippen LogP contribution in [-0.2, 0) is 11.2 Å². The van der Waals surface area contributed by atoms with E-state index in [-0.39, 0.29) is 5.91 Å². The van der Waals surface area contributed by atoms with Gasteiger partial charge in [-0.25, -0.2) is 4.79 Å². The van der Waals surface area contributed by atoms with Crippen LogP contribution in [-0.4, -0.2) is 39.8 Å². The standard InChI is InChI=1S/C23H21NO5S/c1-27-17-7-4-14(5-8-17)20-12-15-10-11-24(22(25)21(15)30-20)16-6-9-18(23(26)29-3)19(13-16)28-2/h4-9,12-13H,10-11H2,1-3H3. The highest BCUT2D eigenvalue weighted by molar-refractivity contribution is 7.17. The number of thiophene rings is 1. The summed E-state index contributed by atoms with van der Waals surface area (Å²) in [6.45, 7) is 0.561. The molecule has 0 atom stereocenters. The first-order chi connectivity index (χ1) is 14.5. The Morgan fingerprint density at radius 2 is 1.77 bits per heavy atom. The highest BCUT2D eigenvalue weighted by Gasteiger charge is 2.29. The van der Waals surface area contributed by atoms with E-state index in [1.54, 1.807) is 30.2 Å². The maximum atomic E-state index is 13.2. The van der Waals surface area contributed by atoms with Gasteiger partial charge in [0, 0.05) is 23.2 Å². The molecule has 2 aromatic carbocycles. The fourth-order valence-corrected chi connectivity index (χ4v) is 4.69. The summed E-state index contributed by atoms with van der Waals surface area (Å²) in [6.07, 6.45) is 0.759. The molecule has 2 heterocycles. The minimum absolute atomic E-state index is 0.0473. The van der Waals surface area contributed by atoms with E-state index < -0.39 is 5.97 Å². The number of carbonyl (C=O) groups excluding carboxylic acids is 2. The Morgan fingerprint density at radius 3 is 2.43 bits per heavy atom. The Kier molecular flexibility index (Phi) is 5.46. The lowest BCUT2D eigenvalue weighted by molar-refractivity contribution is 0.0597. The number of anilines is 1. The Morgan fingerprint density at radius 1 is 1.00 bits per heavy atom. The number of esters is 1. The first kappa shape index (κ1) is 20.0. The minimum atomic E-state index is -0.479. The molecule has 1 aromatic heterocycles. The highest BCUT2D eigenvalue weighted by atomic mass is 32.1. The van der Waals surface area contributed by atoms with Crippen LogP contribution in [0.25, 0.3) is 10.4 Å². The molecule has 0 bridgehead atoms. The number of amides is 1. The topological polar surface area (TPSA) is 65.1 Å². The number of hydrogen-bond acceptors (Lipinski definition) is 6. The Bertz CT molecular complexity index is 1100. The van der Waals surface area contributed by atoms with Crippen LogP contribution in [0.4, 0.5) is 5.69 Å². The van der Waals surface area contributed by atoms with Gasteiger partial charge < -0.3 is 19.1 Å². The molecule has 6 nitrogen and oxygen atoms in total. The van der Waals surface area contributed by atoms with Gasteiger partial charge >= 0.3 is 5.97 Å². The number of carbonyl (C=O) groups is 2. The molecule has 30 heavy (non-hydrogen) atoms. The zero-order valence-electron chi connectivity index (χ0n) is 16.9. The van der Waals surface area contributed by atoms with Gasteiger partial charge in [-0.2, -0.15) is 0 Å². The molecule has 0 unspecified atom stereocenters. The Hall–Kier alpha value is -3.32. The smallest absolute Gasteiger partial charge is 0.341 e. The number of nitrogens with zero attached hydrogens (tertiary/aromatic N) is 1. The molecule has 0 radical (unpaired) electrons. The van der Waals surface area contributed by atoms with Crippen molar-refractivity contribution in [3.05, 3.63) is 64.5 Å². The Balaban J connectivity index is 1.64. The molecule has 3 aromatic rings. The van der Waals surface area contributed by atoms with Gasteiger partial charge in [0.1, 0.15) is 17.1 Å². The van der Waals surface area contributed by atoms with Gasteiger partial charge in [0.05, 0.1) is 26.2 Å². The van der Waals surface area contributed by atoms with E-state index in [4.69, 9.17) is 14.2 Å². The molecule has 0 fully saturated rings. The highest BCUT2D eigenvalue weighted by Crippen LogP contribution is 2.37. The summed E-state index contributed by atoms with van der Waals surface area (Å²) in [6, 6.07) is 15.0. The molecule has 0 spiro atoms. The van der Waals surface area contributed by atoms with Crippen molar-refractivity contribution in [3.63, 3.8) is 0 Å². The van der Waals surface area contributed by atoms with Gasteiger partial charge in [0.25, 0.3) is 5.91 Å². The second-order valence-electron chi connectivity index (χ2n) is 6.78. The second kappa shape index (κ2) is 8.20. The van der Waals surface area contributed by atoms with Crippen molar-refractivity contribution < 1.29 is 23.8 Å². The number of hydrogen-bond donors (Lipinski definition) is 0. The summed E-state index contributed by atoms with van der Waals surface area (Å²) >= 11 is 1.49. The van der Waals surface area contributed by atoms with E-state index in [1.165, 1.54) is 25.6 Å². The van der Waals surface area contributed by atoms with Crippen molar-refractivity contribution in [3.8, 4) is 21.9 Å². The monoisotopic (exact) mass is 423 g/mol. The first-order valence-corrected chi connectivity index (χ1v) is 10.2. The number of fused-ring (bicyclic) bond motifs is 1. The molecule has 1 aliphatic heterocycles. The quantitative estimate of drug-likeness (QED) is 0.569. The van der Waals surface area contributed by atoms with Crippen molar-refractivity contribution in [2.75, 3.05) is 32.8 Å². The fourth-order valence-electron chi connectivity index (χ4n) is 3.52. The van der Waals surface area contributed by atoms with Crippen LogP contribution in [0.3, 0.4) is 0 Å². The van der Waals surface area contributed by atoms with Crippen LogP contribution in [0.15, 0.2) is 48.5 Å².